The summed E-state index contributed by atoms with van der Waals surface area (Å²) in [7, 11) is -7.08. The van der Waals surface area contributed by atoms with E-state index in [1.165, 1.54) is 0 Å². The molecule has 1 aliphatic heterocycles. The molecule has 0 N–H and O–H groups in total. The van der Waals surface area contributed by atoms with Crippen molar-refractivity contribution in [3.05, 3.63) is 71.8 Å². The third kappa shape index (κ3) is 13.8. The zero-order chi connectivity index (χ0) is 27.6. The number of hydrogen-bond acceptors (Lipinski definition) is 10. The minimum atomic E-state index is -5.42. The highest BCUT2D eigenvalue weighted by Crippen LogP contribution is 2.20. The quantitative estimate of drug-likeness (QED) is 0.305. The van der Waals surface area contributed by atoms with E-state index in [4.69, 9.17) is 35.6 Å². The van der Waals surface area contributed by atoms with Crippen molar-refractivity contribution in [3.8, 4) is 0 Å². The van der Waals surface area contributed by atoms with Gasteiger partial charge in [0.2, 0.25) is 0 Å². The largest absolute Gasteiger partial charge is 0.722 e. The molecule has 0 bridgehead atoms. The molecule has 36 heavy (non-hydrogen) atoms. The first-order valence-electron chi connectivity index (χ1n) is 9.97. The van der Waals surface area contributed by atoms with Crippen molar-refractivity contribution in [1.82, 2.24) is 0 Å². The maximum Gasteiger partial charge on any atom is 0.397 e. The number of piperazine rings is 1. The summed E-state index contributed by atoms with van der Waals surface area (Å²) in [6, 6.07) is 17.9. The van der Waals surface area contributed by atoms with Crippen LogP contribution in [0.25, 0.3) is 0 Å². The van der Waals surface area contributed by atoms with Crippen LogP contribution >= 0.6 is 0 Å². The van der Waals surface area contributed by atoms with Gasteiger partial charge in [-0.05, 0) is 24.3 Å². The highest BCUT2D eigenvalue weighted by molar-refractivity contribution is 7.80. The fourth-order valence-electron chi connectivity index (χ4n) is 2.91. The lowest BCUT2D eigenvalue weighted by Crippen LogP contribution is -2.64. The van der Waals surface area contributed by atoms with Gasteiger partial charge in [0.1, 0.15) is 14.1 Å². The van der Waals surface area contributed by atoms with Gasteiger partial charge in [0.05, 0.1) is 11.1 Å². The van der Waals surface area contributed by atoms with Crippen LogP contribution in [-0.4, -0.2) is 87.4 Å². The maximum absolute atomic E-state index is 12.3. The molecular weight excluding hydrogens is 530 g/mol. The molecule has 0 unspecified atom stereocenters. The van der Waals surface area contributed by atoms with Crippen molar-refractivity contribution in [1.29, 1.82) is 0 Å². The van der Waals surface area contributed by atoms with Crippen molar-refractivity contribution < 1.29 is 62.3 Å². The molecule has 3 rings (SSSR count). The molecule has 12 nitrogen and oxygen atoms in total. The Kier molecular flexibility index (Phi) is 11.0. The summed E-state index contributed by atoms with van der Waals surface area (Å²) >= 11 is 0. The van der Waals surface area contributed by atoms with Crippen molar-refractivity contribution in [2.45, 2.75) is 0 Å². The monoisotopic (exact) mass is 554 g/mol. The molecule has 1 aliphatic rings. The van der Waals surface area contributed by atoms with E-state index in [0.717, 1.165) is 0 Å². The second kappa shape index (κ2) is 12.8. The fraction of sp³-hybridized carbons (Fsp3) is 0.300. The molecule has 1 heterocycles. The Labute approximate surface area is 207 Å². The summed E-state index contributed by atoms with van der Waals surface area (Å²) < 4.78 is 71.0. The molecule has 0 aromatic heterocycles. The van der Waals surface area contributed by atoms with E-state index in [9.17, 15) is 17.4 Å². The first-order valence-corrected chi connectivity index (χ1v) is 12.6. The van der Waals surface area contributed by atoms with E-state index in [0.29, 0.717) is 37.3 Å². The third-order valence-corrected chi connectivity index (χ3v) is 4.72. The van der Waals surface area contributed by atoms with E-state index in [1.54, 1.807) is 24.3 Å². The van der Waals surface area contributed by atoms with Gasteiger partial charge in [0.15, 0.2) is 26.2 Å². The van der Waals surface area contributed by atoms with Crippen molar-refractivity contribution in [2.75, 3.05) is 40.3 Å². The van der Waals surface area contributed by atoms with Crippen LogP contribution < -0.4 is 0 Å². The Hall–Kier alpha value is -3.02. The predicted octanol–water partition coefficient (Wildman–Crippen LogP) is 1.27. The average Bonchev–Trinajstić information content (AvgIpc) is 2.75. The second-order valence-electron chi connectivity index (χ2n) is 7.76. The lowest BCUT2D eigenvalue weighted by molar-refractivity contribution is -1.16. The zero-order valence-corrected chi connectivity index (χ0v) is 20.8. The number of rotatable bonds is 4. The Balaban J connectivity index is 0.000000550. The van der Waals surface area contributed by atoms with E-state index >= 15 is 0 Å². The van der Waals surface area contributed by atoms with Gasteiger partial charge in [-0.25, -0.2) is 26.4 Å². The molecule has 0 aliphatic carbocycles. The summed E-state index contributed by atoms with van der Waals surface area (Å²) in [6.07, 6.45) is 0. The van der Waals surface area contributed by atoms with E-state index < -0.39 is 21.0 Å². The van der Waals surface area contributed by atoms with E-state index in [2.05, 4.69) is 0 Å². The van der Waals surface area contributed by atoms with Crippen molar-refractivity contribution >= 4 is 32.9 Å². The van der Waals surface area contributed by atoms with Gasteiger partial charge in [-0.2, -0.15) is 0 Å². The zero-order valence-electron chi connectivity index (χ0n) is 19.2. The molecule has 1 saturated heterocycles. The lowest BCUT2D eigenvalue weighted by Gasteiger charge is -2.40. The van der Waals surface area contributed by atoms with Gasteiger partial charge in [0, 0.05) is 0 Å². The number of carbonyl (C=O) groups is 2. The Morgan fingerprint density at radius 2 is 0.889 bits per heavy atom. The molecule has 16 heteroatoms. The van der Waals surface area contributed by atoms with Gasteiger partial charge in [0.25, 0.3) is 21.0 Å². The number of quaternary nitrogens is 2. The second-order valence-corrected chi connectivity index (χ2v) is 9.34. The minimum absolute atomic E-state index is 0.171. The first kappa shape index (κ1) is 31.0. The predicted molar refractivity (Wildman–Crippen MR) is 117 cm³/mol. The van der Waals surface area contributed by atoms with Crippen LogP contribution in [0.15, 0.2) is 60.7 Å². The van der Waals surface area contributed by atoms with Gasteiger partial charge in [-0.1, -0.05) is 36.4 Å². The molecule has 2 aromatic carbocycles. The summed E-state index contributed by atoms with van der Waals surface area (Å²) in [4.78, 5) is 36.0. The van der Waals surface area contributed by atoms with Crippen molar-refractivity contribution in [3.63, 3.8) is 0 Å². The van der Waals surface area contributed by atoms with Gasteiger partial charge in [-0.15, -0.1) is 17.1 Å². The topological polar surface area (TPSA) is 167 Å². The Morgan fingerprint density at radius 3 is 1.11 bits per heavy atom. The van der Waals surface area contributed by atoms with E-state index in [-0.39, 0.29) is 21.2 Å². The summed E-state index contributed by atoms with van der Waals surface area (Å²) in [6.45, 7) is 2.27. The average molecular weight is 555 g/mol. The first-order chi connectivity index (χ1) is 16.4. The highest BCUT2D eigenvalue weighted by atomic mass is 32.3. The van der Waals surface area contributed by atoms with Crippen molar-refractivity contribution in [2.24, 2.45) is 0 Å². The number of hydroxylamine groups is 6. The van der Waals surface area contributed by atoms with E-state index in [1.807, 2.05) is 50.5 Å². The number of carbonyl (C=O) groups excluding carboxylic acids is 2. The lowest BCUT2D eigenvalue weighted by atomic mass is 10.2. The standard InChI is InChI=1S/C20H24N2O4.2FHO3S/c1-21(25-19(23)17-9-5-3-6-10-17)13-15-22(2,16-14-21)26-20(24)18-11-7-4-8-12-18;2*1-5(2,3)4/h3-12H,13-16H2,1-2H3;2*(H,2,3,4)/q+2;;/p-2. The molecule has 0 amide bonds. The molecule has 0 saturated carbocycles. The smallest absolute Gasteiger partial charge is 0.397 e. The number of hydrogen-bond donors (Lipinski definition) is 0. The number of halogens is 2. The molecule has 2 aromatic rings. The normalized spacial score (nSPS) is 21.5. The van der Waals surface area contributed by atoms with Crippen LogP contribution in [0, 0.1) is 0 Å². The summed E-state index contributed by atoms with van der Waals surface area (Å²) in [5, 5.41) is 0. The number of likely N-dealkylation sites (N-methyl/N-ethyl adjacent to an activating group) is 2. The number of benzene rings is 2. The molecular formula is C20H24F2N2O10S2. The van der Waals surface area contributed by atoms with Gasteiger partial charge < -0.3 is 9.11 Å². The van der Waals surface area contributed by atoms with Crippen LogP contribution in [0.5, 0.6) is 0 Å². The number of nitrogens with zero attached hydrogens (tertiary/aromatic N) is 2. The fourth-order valence-corrected chi connectivity index (χ4v) is 2.91. The highest BCUT2D eigenvalue weighted by Gasteiger charge is 2.44. The molecule has 0 atom stereocenters. The maximum atomic E-state index is 12.3. The summed E-state index contributed by atoms with van der Waals surface area (Å²) in [5.74, 6) is -0.684. The van der Waals surface area contributed by atoms with Crippen LogP contribution in [-0.2, 0) is 30.7 Å². The molecule has 0 radical (unpaired) electrons. The third-order valence-electron chi connectivity index (χ3n) is 4.72. The summed E-state index contributed by atoms with van der Waals surface area (Å²) in [5.41, 5.74) is 1.07. The Bertz CT molecular complexity index is 1110. The van der Waals surface area contributed by atoms with Crippen LogP contribution in [0.3, 0.4) is 0 Å². The van der Waals surface area contributed by atoms with Crippen LogP contribution in [0.4, 0.5) is 7.77 Å². The minimum Gasteiger partial charge on any atom is -0.722 e. The Morgan fingerprint density at radius 1 is 0.667 bits per heavy atom. The molecule has 1 fully saturated rings. The molecule has 0 spiro atoms. The van der Waals surface area contributed by atoms with Crippen LogP contribution in [0.1, 0.15) is 20.7 Å². The van der Waals surface area contributed by atoms with Gasteiger partial charge >= 0.3 is 11.9 Å². The SMILES string of the molecule is C[N+]1(OC(=O)c2ccccc2)CC[N+](C)(OC(=O)c2ccccc2)CC1.O=S(=O)([O-])F.O=S(=O)([O-])F. The van der Waals surface area contributed by atoms with Crippen LogP contribution in [0.2, 0.25) is 0 Å². The van der Waals surface area contributed by atoms with Gasteiger partial charge in [-0.3, -0.25) is 9.68 Å². The molecule has 200 valence electrons.